The number of anilines is 2. The van der Waals surface area contributed by atoms with Gasteiger partial charge >= 0.3 is 15.6 Å². The van der Waals surface area contributed by atoms with Crippen LogP contribution in [0.3, 0.4) is 0 Å². The first-order chi connectivity index (χ1) is 65.2. The first-order valence-corrected chi connectivity index (χ1v) is 56.0. The van der Waals surface area contributed by atoms with Crippen LogP contribution < -0.4 is 16.0 Å². The molecule has 134 heavy (non-hydrogen) atoms. The van der Waals surface area contributed by atoms with E-state index in [4.69, 9.17) is 83.6 Å². The van der Waals surface area contributed by atoms with Gasteiger partial charge in [-0.3, -0.25) is 18.1 Å². The van der Waals surface area contributed by atoms with E-state index in [2.05, 4.69) is 53.9 Å². The number of nitrogens with zero attached hydrogens (tertiary/aromatic N) is 8. The molecule has 762 valence electrons. The number of aliphatic hydroxyl groups is 2. The fourth-order valence-corrected chi connectivity index (χ4v) is 20.3. The molecule has 0 amide bonds. The third-order valence-corrected chi connectivity index (χ3v) is 28.6. The van der Waals surface area contributed by atoms with E-state index < -0.39 is 88.1 Å². The standard InChI is InChI=1S/C56H91ClN5O9P.C47H84N5O9P/c1-5-7-9-11-13-15-17-19-21-23-25-27-29-33-39-64-41-46(65-40-34-30-28-26-24-22-20-18-16-14-12-10-8-6-2)42-66-72(63,71-49-36-32-31-35-47(49)57)67-43-50-52-53(70-55(3,4)69-52)56(44-58,68-50)51-38-37-48-54(59)60-45-61-62(48)51;1-3-5-7-9-11-13-15-17-19-21-23-25-27-29-33-57-35-40(58-34-30-28-26-24-22-20-18-16-14-12-10-8-6-4-2)36-59-62(55,56)60-37-42-44(53)45(54)47(38-48,61-42)43-32-31-41-46(49)50-39-51-52(41)43/h31-32,35-38,45-46,50,52-53H,5-30,33-34,39-43H2,1-4H3,(H2,59,60,61);31-32,39-40,42,44-45,53-54H,3-30,33-37H2,1-2H3,(H,55,56)(H2,49,50,51)/t46-,50-,52-,53-,56+,72?;40-,42-,44-,45-,47+/m11/s1. The number of nitrogen functional groups attached to an aromatic ring is 2. The number of nitrogens with two attached hydrogens (primary N) is 2. The lowest BCUT2D eigenvalue weighted by Crippen LogP contribution is -2.41. The molecule has 8 rings (SSSR count). The SMILES string of the molecule is CCCCCCCCCCCCCCCCOC[C@H](COP(=O)(O)OC[C@H]1O[C@@](C#N)(c2ccc3c(N)ncnn23)[C@H](O)[C@@H]1O)OCCCCCCCCCCCCCCCC.CCCCCCCCCCCCCCCCOC[C@H](COP(=O)(OC[C@H]1O[C@@](C#N)(c2ccc3c(N)ncnn23)[C@@H]2OC(C)(C)O[C@@H]21)Oc1ccccc1Cl)OCCCCCCCCCCCCCCCC. The normalized spacial score (nSPS) is 20.6. The van der Waals surface area contributed by atoms with Crippen LogP contribution in [-0.4, -0.2) is 165 Å². The zero-order valence-corrected chi connectivity index (χ0v) is 85.6. The van der Waals surface area contributed by atoms with Gasteiger partial charge < -0.3 is 69.0 Å². The van der Waals surface area contributed by atoms with E-state index in [-0.39, 0.29) is 61.1 Å². The Bertz CT molecular complexity index is 4070. The Morgan fingerprint density at radius 3 is 1.16 bits per heavy atom. The summed E-state index contributed by atoms with van der Waals surface area (Å²) < 4.78 is 110. The zero-order valence-electron chi connectivity index (χ0n) is 83.0. The lowest BCUT2D eigenvalue weighted by molar-refractivity contribution is -0.204. The van der Waals surface area contributed by atoms with Gasteiger partial charge in [0.15, 0.2) is 17.4 Å². The number of hydrogen-bond acceptors (Lipinski definition) is 25. The highest BCUT2D eigenvalue weighted by atomic mass is 35.5. The fourth-order valence-electron chi connectivity index (χ4n) is 18.1. The Kier molecular flexibility index (Phi) is 59.0. The maximum Gasteiger partial charge on any atom is 0.530 e. The van der Waals surface area contributed by atoms with Crippen molar-refractivity contribution < 1.29 is 84.8 Å². The van der Waals surface area contributed by atoms with Crippen LogP contribution in [0.5, 0.6) is 5.75 Å². The number of rotatable bonds is 82. The molecule has 2 unspecified atom stereocenters. The number of hydrogen-bond donors (Lipinski definition) is 5. The molecule has 0 spiro atoms. The molecule has 4 aromatic heterocycles. The summed E-state index contributed by atoms with van der Waals surface area (Å²) in [7, 11) is -9.16. The number of fused-ring (bicyclic) bond motifs is 3. The Morgan fingerprint density at radius 1 is 0.433 bits per heavy atom. The van der Waals surface area contributed by atoms with Gasteiger partial charge in [0.2, 0.25) is 11.2 Å². The minimum Gasteiger partial charge on any atom is -0.402 e. The summed E-state index contributed by atoms with van der Waals surface area (Å²) in [5.74, 6) is -0.585. The van der Waals surface area contributed by atoms with Gasteiger partial charge in [0.05, 0.1) is 56.1 Å². The summed E-state index contributed by atoms with van der Waals surface area (Å²) in [5, 5.41) is 51.7. The number of benzene rings is 1. The summed E-state index contributed by atoms with van der Waals surface area (Å²) in [6.07, 6.45) is 65.4. The number of para-hydroxylation sites is 1. The van der Waals surface area contributed by atoms with E-state index in [1.54, 1.807) is 56.3 Å². The topological polar surface area (TPSA) is 375 Å². The molecule has 0 aliphatic carbocycles. The molecule has 12 atom stereocenters. The zero-order chi connectivity index (χ0) is 96.1. The third kappa shape index (κ3) is 42.8. The van der Waals surface area contributed by atoms with Crippen molar-refractivity contribution in [2.75, 3.05) is 77.5 Å². The van der Waals surface area contributed by atoms with E-state index in [1.165, 1.54) is 330 Å². The number of halogens is 1. The average Bonchev–Trinajstić information content (AvgIpc) is 1.55. The smallest absolute Gasteiger partial charge is 0.402 e. The van der Waals surface area contributed by atoms with Crippen molar-refractivity contribution in [3.63, 3.8) is 0 Å². The first-order valence-electron chi connectivity index (χ1n) is 52.6. The Balaban J connectivity index is 0.000000370. The molecule has 3 saturated heterocycles. The molecule has 3 aliphatic rings. The second-order valence-corrected chi connectivity index (χ2v) is 41.4. The molecule has 0 saturated carbocycles. The van der Waals surface area contributed by atoms with Crippen molar-refractivity contribution in [2.24, 2.45) is 0 Å². The minimum absolute atomic E-state index is 0.106. The molecular formula is C103H175ClN10O18P2. The van der Waals surface area contributed by atoms with Crippen LogP contribution >= 0.6 is 27.2 Å². The van der Waals surface area contributed by atoms with E-state index >= 15 is 0 Å². The second-order valence-electron chi connectivity index (χ2n) is 37.9. The van der Waals surface area contributed by atoms with E-state index in [0.717, 1.165) is 57.8 Å². The number of nitriles is 2. The van der Waals surface area contributed by atoms with E-state index in [0.29, 0.717) is 43.2 Å². The lowest BCUT2D eigenvalue weighted by Gasteiger charge is -2.29. The van der Waals surface area contributed by atoms with Crippen molar-refractivity contribution in [1.29, 1.82) is 10.5 Å². The molecule has 0 radical (unpaired) electrons. The van der Waals surface area contributed by atoms with Crippen molar-refractivity contribution in [3.05, 3.63) is 77.6 Å². The Hall–Kier alpha value is -5.01. The number of unbranched alkanes of at least 4 members (excludes halogenated alkanes) is 52. The number of aromatic nitrogens is 6. The van der Waals surface area contributed by atoms with Crippen molar-refractivity contribution in [2.45, 2.75) is 467 Å². The predicted molar refractivity (Wildman–Crippen MR) is 531 cm³/mol. The average molecular weight is 1940 g/mol. The van der Waals surface area contributed by atoms with Gasteiger partial charge in [-0.25, -0.2) is 28.1 Å². The molecule has 3 aliphatic heterocycles. The maximum atomic E-state index is 14.9. The number of phosphoric ester groups is 2. The fraction of sp³-hybridized carbons (Fsp3) is 0.806. The minimum atomic E-state index is -4.69. The summed E-state index contributed by atoms with van der Waals surface area (Å²) in [5.41, 5.74) is 9.66. The molecule has 31 heteroatoms. The highest BCUT2D eigenvalue weighted by Gasteiger charge is 2.66. The molecule has 7 N–H and O–H groups in total. The predicted octanol–water partition coefficient (Wildman–Crippen LogP) is 25.8. The van der Waals surface area contributed by atoms with Crippen LogP contribution in [0.15, 0.2) is 61.2 Å². The second kappa shape index (κ2) is 68.2. The Labute approximate surface area is 809 Å². The number of ether oxygens (including phenoxy) is 8. The van der Waals surface area contributed by atoms with Gasteiger partial charge in [-0.15, -0.1) is 0 Å². The molecule has 28 nitrogen and oxygen atoms in total. The first kappa shape index (κ1) is 116. The van der Waals surface area contributed by atoms with Gasteiger partial charge in [-0.1, -0.05) is 385 Å². The summed E-state index contributed by atoms with van der Waals surface area (Å²) in [6, 6.07) is 17.4. The monoisotopic (exact) mass is 1940 g/mol. The molecule has 5 aromatic rings. The summed E-state index contributed by atoms with van der Waals surface area (Å²) >= 11 is 6.54. The molecular weight excluding hydrogens is 1760 g/mol. The van der Waals surface area contributed by atoms with Crippen LogP contribution in [0.2, 0.25) is 5.02 Å². The van der Waals surface area contributed by atoms with Gasteiger partial charge in [-0.2, -0.15) is 20.7 Å². The van der Waals surface area contributed by atoms with E-state index in [1.807, 2.05) is 6.07 Å². The van der Waals surface area contributed by atoms with Crippen molar-refractivity contribution in [3.8, 4) is 17.9 Å². The summed E-state index contributed by atoms with van der Waals surface area (Å²) in [4.78, 5) is 18.7. The molecule has 7 heterocycles. The highest BCUT2D eigenvalue weighted by molar-refractivity contribution is 7.49. The number of phosphoric acid groups is 2. The van der Waals surface area contributed by atoms with Crippen LogP contribution in [0.1, 0.15) is 412 Å². The maximum absolute atomic E-state index is 14.9. The summed E-state index contributed by atoms with van der Waals surface area (Å²) in [6.45, 7) is 13.8. The van der Waals surface area contributed by atoms with Crippen LogP contribution in [-0.2, 0) is 76.3 Å². The van der Waals surface area contributed by atoms with Gasteiger partial charge in [0.1, 0.15) is 90.4 Å². The Morgan fingerprint density at radius 2 is 0.776 bits per heavy atom. The quantitative estimate of drug-likeness (QED) is 0.0178. The van der Waals surface area contributed by atoms with Crippen molar-refractivity contribution in [1.82, 2.24) is 29.2 Å². The molecule has 0 bridgehead atoms. The van der Waals surface area contributed by atoms with Gasteiger partial charge in [-0.05, 0) is 75.9 Å². The van der Waals surface area contributed by atoms with Crippen LogP contribution in [0, 0.1) is 22.7 Å². The van der Waals surface area contributed by atoms with E-state index in [9.17, 15) is 34.8 Å². The lowest BCUT2D eigenvalue weighted by atomic mass is 9.92. The van der Waals surface area contributed by atoms with Crippen LogP contribution in [0.4, 0.5) is 11.6 Å². The van der Waals surface area contributed by atoms with Gasteiger partial charge in [0, 0.05) is 26.4 Å². The van der Waals surface area contributed by atoms with Crippen LogP contribution in [0.25, 0.3) is 11.0 Å². The molecule has 3 fully saturated rings. The molecule has 1 aromatic carbocycles. The third-order valence-electron chi connectivity index (χ3n) is 26.0. The van der Waals surface area contributed by atoms with Crippen molar-refractivity contribution >= 4 is 49.9 Å². The van der Waals surface area contributed by atoms with Gasteiger partial charge in [0.25, 0.3) is 0 Å². The highest BCUT2D eigenvalue weighted by Crippen LogP contribution is 2.55. The largest absolute Gasteiger partial charge is 0.530 e. The number of aliphatic hydroxyl groups excluding tert-OH is 2.